The third-order valence-electron chi connectivity index (χ3n) is 4.45. The van der Waals surface area contributed by atoms with Crippen LogP contribution in [0, 0.1) is 18.3 Å². The van der Waals surface area contributed by atoms with Crippen LogP contribution in [0.2, 0.25) is 0 Å². The second kappa shape index (κ2) is 3.70. The second-order valence-corrected chi connectivity index (χ2v) is 5.88. The molecule has 1 aliphatic carbocycles. The van der Waals surface area contributed by atoms with E-state index in [9.17, 15) is 0 Å². The predicted molar refractivity (Wildman–Crippen MR) is 68.0 cm³/mol. The molecule has 3 nitrogen and oxygen atoms in total. The van der Waals surface area contributed by atoms with Gasteiger partial charge in [0.2, 0.25) is 0 Å². The topological polar surface area (TPSA) is 34.2 Å². The zero-order chi connectivity index (χ0) is 12.0. The van der Waals surface area contributed by atoms with Gasteiger partial charge in [-0.1, -0.05) is 13.8 Å². The van der Waals surface area contributed by atoms with Gasteiger partial charge in [-0.05, 0) is 25.0 Å². The minimum atomic E-state index is 0.226. The Morgan fingerprint density at radius 1 is 1.47 bits per heavy atom. The van der Waals surface area contributed by atoms with Gasteiger partial charge in [0.25, 0.3) is 0 Å². The molecule has 92 valence electrons. The highest BCUT2D eigenvalue weighted by molar-refractivity contribution is 5.50. The maximum atomic E-state index is 5.81. The summed E-state index contributed by atoms with van der Waals surface area (Å²) in [6.45, 7) is 7.63. The van der Waals surface area contributed by atoms with E-state index in [1.807, 2.05) is 12.4 Å². The molecule has 0 spiro atoms. The fourth-order valence-electron chi connectivity index (χ4n) is 3.40. The summed E-state index contributed by atoms with van der Waals surface area (Å²) in [7, 11) is 0. The van der Waals surface area contributed by atoms with Crippen LogP contribution >= 0.6 is 0 Å². The molecule has 0 bridgehead atoms. The van der Waals surface area contributed by atoms with Gasteiger partial charge in [-0.2, -0.15) is 0 Å². The normalized spacial score (nSPS) is 33.9. The van der Waals surface area contributed by atoms with E-state index in [0.717, 1.165) is 12.3 Å². The molecule has 1 saturated carbocycles. The zero-order valence-electron chi connectivity index (χ0n) is 10.7. The molecule has 3 unspecified atom stereocenters. The van der Waals surface area contributed by atoms with Gasteiger partial charge >= 0.3 is 0 Å². The van der Waals surface area contributed by atoms with Gasteiger partial charge in [0.05, 0.1) is 18.0 Å². The summed E-state index contributed by atoms with van der Waals surface area (Å²) in [5.41, 5.74) is 2.65. The lowest BCUT2D eigenvalue weighted by molar-refractivity contribution is -0.0923. The Balaban J connectivity index is 1.80. The quantitative estimate of drug-likeness (QED) is 0.851. The Hall–Kier alpha value is -1.09. The van der Waals surface area contributed by atoms with Crippen molar-refractivity contribution in [3.8, 4) is 0 Å². The van der Waals surface area contributed by atoms with Gasteiger partial charge in [0.1, 0.15) is 0 Å². The van der Waals surface area contributed by atoms with E-state index < -0.39 is 0 Å². The molecule has 1 aromatic rings. The number of nitrogens with one attached hydrogen (secondary N) is 1. The molecule has 3 rings (SSSR count). The average molecular weight is 232 g/mol. The number of fused-ring (bicyclic) bond motifs is 1. The fourth-order valence-corrected chi connectivity index (χ4v) is 3.40. The smallest absolute Gasteiger partial charge is 0.0694 e. The number of pyridine rings is 1. The van der Waals surface area contributed by atoms with E-state index in [1.54, 1.807) is 0 Å². The average Bonchev–Trinajstić information content (AvgIpc) is 2.74. The van der Waals surface area contributed by atoms with Gasteiger partial charge < -0.3 is 10.1 Å². The molecule has 0 aromatic carbocycles. The van der Waals surface area contributed by atoms with Crippen LogP contribution in [0.15, 0.2) is 18.5 Å². The van der Waals surface area contributed by atoms with Crippen molar-refractivity contribution in [2.24, 2.45) is 11.3 Å². The summed E-state index contributed by atoms with van der Waals surface area (Å²) in [6.07, 6.45) is 5.39. The number of anilines is 1. The molecule has 1 aromatic heterocycles. The lowest BCUT2D eigenvalue weighted by Crippen LogP contribution is -2.63. The minimum absolute atomic E-state index is 0.226. The molecule has 3 heteroatoms. The van der Waals surface area contributed by atoms with Crippen molar-refractivity contribution in [1.82, 2.24) is 4.98 Å². The number of hydrogen-bond donors (Lipinski definition) is 1. The molecule has 0 amide bonds. The molecule has 1 aliphatic heterocycles. The highest BCUT2D eigenvalue weighted by atomic mass is 16.5. The summed E-state index contributed by atoms with van der Waals surface area (Å²) in [5, 5.41) is 3.67. The Morgan fingerprint density at radius 3 is 3.06 bits per heavy atom. The van der Waals surface area contributed by atoms with E-state index >= 15 is 0 Å². The Labute approximate surface area is 103 Å². The lowest BCUT2D eigenvalue weighted by Gasteiger charge is -2.55. The van der Waals surface area contributed by atoms with Gasteiger partial charge in [-0.3, -0.25) is 4.98 Å². The second-order valence-electron chi connectivity index (χ2n) is 5.88. The van der Waals surface area contributed by atoms with Crippen LogP contribution in [0.1, 0.15) is 25.8 Å². The van der Waals surface area contributed by atoms with Crippen molar-refractivity contribution in [2.75, 3.05) is 11.9 Å². The first-order chi connectivity index (χ1) is 8.10. The summed E-state index contributed by atoms with van der Waals surface area (Å²) in [5.74, 6) is 0.671. The lowest BCUT2D eigenvalue weighted by atomic mass is 9.57. The van der Waals surface area contributed by atoms with Gasteiger partial charge in [0, 0.05) is 30.2 Å². The maximum absolute atomic E-state index is 5.81. The predicted octanol–water partition coefficient (Wildman–Crippen LogP) is 2.62. The van der Waals surface area contributed by atoms with Crippen molar-refractivity contribution < 1.29 is 4.74 Å². The molecule has 2 aliphatic rings. The molecule has 1 N–H and O–H groups in total. The van der Waals surface area contributed by atoms with E-state index in [0.29, 0.717) is 18.1 Å². The summed E-state index contributed by atoms with van der Waals surface area (Å²) in [6, 6.07) is 2.56. The first-order valence-corrected chi connectivity index (χ1v) is 6.39. The summed E-state index contributed by atoms with van der Waals surface area (Å²) < 4.78 is 5.81. The first-order valence-electron chi connectivity index (χ1n) is 6.39. The number of ether oxygens (including phenoxy) is 1. The monoisotopic (exact) mass is 232 g/mol. The van der Waals surface area contributed by atoms with E-state index in [2.05, 4.69) is 37.1 Å². The van der Waals surface area contributed by atoms with Crippen LogP contribution in [0.4, 0.5) is 5.69 Å². The molecule has 2 heterocycles. The van der Waals surface area contributed by atoms with Crippen LogP contribution < -0.4 is 5.32 Å². The Morgan fingerprint density at radius 2 is 2.29 bits per heavy atom. The Bertz CT molecular complexity index is 430. The van der Waals surface area contributed by atoms with Crippen molar-refractivity contribution in [1.29, 1.82) is 0 Å². The number of aryl methyl sites for hydroxylation is 1. The van der Waals surface area contributed by atoms with Crippen molar-refractivity contribution in [3.05, 3.63) is 24.0 Å². The molecule has 2 fully saturated rings. The fraction of sp³-hybridized carbons (Fsp3) is 0.643. The molecular weight excluding hydrogens is 212 g/mol. The van der Waals surface area contributed by atoms with E-state index in [1.165, 1.54) is 12.0 Å². The van der Waals surface area contributed by atoms with Crippen molar-refractivity contribution in [3.63, 3.8) is 0 Å². The van der Waals surface area contributed by atoms with Gasteiger partial charge in [0.15, 0.2) is 0 Å². The molecule has 17 heavy (non-hydrogen) atoms. The Kier molecular flexibility index (Phi) is 2.40. The summed E-state index contributed by atoms with van der Waals surface area (Å²) >= 11 is 0. The van der Waals surface area contributed by atoms with E-state index in [-0.39, 0.29) is 5.41 Å². The first kappa shape index (κ1) is 11.0. The summed E-state index contributed by atoms with van der Waals surface area (Å²) in [4.78, 5) is 4.20. The minimum Gasteiger partial charge on any atom is -0.380 e. The van der Waals surface area contributed by atoms with Gasteiger partial charge in [-0.25, -0.2) is 0 Å². The molecule has 3 atom stereocenters. The highest BCUT2D eigenvalue weighted by Gasteiger charge is 2.59. The number of nitrogens with zero attached hydrogens (tertiary/aromatic N) is 1. The van der Waals surface area contributed by atoms with Crippen molar-refractivity contribution in [2.45, 2.75) is 39.3 Å². The van der Waals surface area contributed by atoms with Crippen LogP contribution in [0.5, 0.6) is 0 Å². The molecular formula is C14H20N2O. The molecule has 0 radical (unpaired) electrons. The van der Waals surface area contributed by atoms with Crippen LogP contribution in [-0.2, 0) is 4.74 Å². The van der Waals surface area contributed by atoms with Gasteiger partial charge in [-0.15, -0.1) is 0 Å². The van der Waals surface area contributed by atoms with Crippen LogP contribution in [0.3, 0.4) is 0 Å². The number of rotatable bonds is 2. The van der Waals surface area contributed by atoms with Crippen LogP contribution in [0.25, 0.3) is 0 Å². The highest BCUT2D eigenvalue weighted by Crippen LogP contribution is 2.53. The SMILES string of the molecule is Cc1ccncc1NC1C2CCOC2C1(C)C. The molecule has 1 saturated heterocycles. The largest absolute Gasteiger partial charge is 0.380 e. The standard InChI is InChI=1S/C14H20N2O/c1-9-4-6-15-8-11(9)16-12-10-5-7-17-13(10)14(12,2)3/h4,6,8,10,12-13,16H,5,7H2,1-3H3. The van der Waals surface area contributed by atoms with Crippen molar-refractivity contribution >= 4 is 5.69 Å². The number of aromatic nitrogens is 1. The third-order valence-corrected chi connectivity index (χ3v) is 4.45. The third kappa shape index (κ3) is 1.56. The van der Waals surface area contributed by atoms with E-state index in [4.69, 9.17) is 4.74 Å². The zero-order valence-corrected chi connectivity index (χ0v) is 10.7. The number of hydrogen-bond acceptors (Lipinski definition) is 3. The maximum Gasteiger partial charge on any atom is 0.0694 e. The van der Waals surface area contributed by atoms with Crippen LogP contribution in [-0.4, -0.2) is 23.7 Å².